The van der Waals surface area contributed by atoms with Gasteiger partial charge in [-0.05, 0) is 43.7 Å². The summed E-state index contributed by atoms with van der Waals surface area (Å²) in [7, 11) is 0. The van der Waals surface area contributed by atoms with Gasteiger partial charge >= 0.3 is 0 Å². The molecule has 2 unspecified atom stereocenters. The van der Waals surface area contributed by atoms with Crippen LogP contribution in [0.15, 0.2) is 18.2 Å². The number of thioether (sulfide) groups is 1. The predicted molar refractivity (Wildman–Crippen MR) is 80.4 cm³/mol. The van der Waals surface area contributed by atoms with E-state index in [4.69, 9.17) is 5.73 Å². The first-order valence-corrected chi connectivity index (χ1v) is 7.85. The van der Waals surface area contributed by atoms with Gasteiger partial charge in [0.1, 0.15) is 11.9 Å². The maximum absolute atomic E-state index is 9.98. The number of hydrogen-bond donors (Lipinski definition) is 2. The molecule has 1 aliphatic rings. The Balaban J connectivity index is 2.15. The Labute approximate surface area is 117 Å². The Hall–Kier alpha value is -1.20. The Kier molecular flexibility index (Phi) is 3.41. The molecule has 1 aromatic carbocycles. The monoisotopic (exact) mass is 277 g/mol. The van der Waals surface area contributed by atoms with Crippen LogP contribution >= 0.6 is 11.8 Å². The van der Waals surface area contributed by atoms with E-state index in [0.29, 0.717) is 11.7 Å². The number of nitrogen functional groups attached to an aromatic ring is 1. The van der Waals surface area contributed by atoms with E-state index in [1.165, 1.54) is 12.2 Å². The molecule has 4 nitrogen and oxygen atoms in total. The number of nitrogens with zero attached hydrogens (tertiary/aromatic N) is 2. The van der Waals surface area contributed by atoms with E-state index in [2.05, 4.69) is 9.55 Å². The van der Waals surface area contributed by atoms with Crippen LogP contribution in [0.5, 0.6) is 0 Å². The van der Waals surface area contributed by atoms with Gasteiger partial charge in [0.2, 0.25) is 0 Å². The second-order valence-corrected chi connectivity index (χ2v) is 6.28. The summed E-state index contributed by atoms with van der Waals surface area (Å²) in [6.45, 7) is 1.77. The van der Waals surface area contributed by atoms with E-state index in [9.17, 15) is 5.11 Å². The maximum Gasteiger partial charge on any atom is 0.138 e. The van der Waals surface area contributed by atoms with Crippen LogP contribution in [0.25, 0.3) is 11.0 Å². The lowest BCUT2D eigenvalue weighted by Crippen LogP contribution is -2.19. The predicted octanol–water partition coefficient (Wildman–Crippen LogP) is 2.74. The summed E-state index contributed by atoms with van der Waals surface area (Å²) in [5.74, 6) is 3.09. The first-order chi connectivity index (χ1) is 9.16. The number of nitrogens with two attached hydrogens (primary N) is 1. The van der Waals surface area contributed by atoms with Gasteiger partial charge < -0.3 is 15.4 Å². The molecule has 1 saturated heterocycles. The van der Waals surface area contributed by atoms with E-state index >= 15 is 0 Å². The largest absolute Gasteiger partial charge is 0.399 e. The smallest absolute Gasteiger partial charge is 0.138 e. The summed E-state index contributed by atoms with van der Waals surface area (Å²) in [6.07, 6.45) is 1.83. The fraction of sp³-hybridized carbons (Fsp3) is 0.500. The number of imidazole rings is 1. The molecule has 19 heavy (non-hydrogen) atoms. The third-order valence-corrected chi connectivity index (χ3v) is 4.81. The van der Waals surface area contributed by atoms with Gasteiger partial charge in [0.15, 0.2) is 0 Å². The van der Waals surface area contributed by atoms with Crippen molar-refractivity contribution in [3.63, 3.8) is 0 Å². The first-order valence-electron chi connectivity index (χ1n) is 6.70. The van der Waals surface area contributed by atoms with Crippen LogP contribution in [-0.4, -0.2) is 26.2 Å². The number of benzene rings is 1. The van der Waals surface area contributed by atoms with Crippen molar-refractivity contribution in [3.8, 4) is 0 Å². The van der Waals surface area contributed by atoms with Crippen LogP contribution in [0.3, 0.4) is 0 Å². The van der Waals surface area contributed by atoms with Crippen molar-refractivity contribution in [2.75, 3.05) is 17.2 Å². The molecule has 2 atom stereocenters. The minimum absolute atomic E-state index is 0.428. The Morgan fingerprint density at radius 3 is 3.05 bits per heavy atom. The molecule has 0 bridgehead atoms. The third-order valence-electron chi connectivity index (χ3n) is 3.62. The Bertz CT molecular complexity index is 588. The Morgan fingerprint density at radius 1 is 1.53 bits per heavy atom. The highest BCUT2D eigenvalue weighted by Crippen LogP contribution is 2.33. The lowest BCUT2D eigenvalue weighted by Gasteiger charge is -2.25. The summed E-state index contributed by atoms with van der Waals surface area (Å²) in [5, 5.41) is 9.98. The highest BCUT2D eigenvalue weighted by molar-refractivity contribution is 7.99. The van der Waals surface area contributed by atoms with Gasteiger partial charge in [0, 0.05) is 17.5 Å². The standard InChI is InChI=1S/C14H19N3OS/c1-9(18)14-16-12-7-10(15)4-5-13(12)17(14)11-3-2-6-19-8-11/h4-5,7,9,11,18H,2-3,6,8,15H2,1H3. The minimum Gasteiger partial charge on any atom is -0.399 e. The average Bonchev–Trinajstić information content (AvgIpc) is 2.78. The SMILES string of the molecule is CC(O)c1nc2cc(N)ccc2n1C1CCCSC1. The molecular formula is C14H19N3OS. The first kappa shape index (κ1) is 12.8. The lowest BCUT2D eigenvalue weighted by molar-refractivity contribution is 0.181. The van der Waals surface area contributed by atoms with E-state index in [1.54, 1.807) is 6.92 Å². The molecule has 2 heterocycles. The van der Waals surface area contributed by atoms with Gasteiger partial charge in [-0.3, -0.25) is 0 Å². The summed E-state index contributed by atoms with van der Waals surface area (Å²) >= 11 is 1.98. The van der Waals surface area contributed by atoms with Crippen molar-refractivity contribution >= 4 is 28.5 Å². The molecule has 3 rings (SSSR count). The summed E-state index contributed by atoms with van der Waals surface area (Å²) in [5.41, 5.74) is 8.50. The van der Waals surface area contributed by atoms with Crippen LogP contribution in [0.2, 0.25) is 0 Å². The van der Waals surface area contributed by atoms with Gasteiger partial charge in [-0.2, -0.15) is 11.8 Å². The zero-order valence-corrected chi connectivity index (χ0v) is 11.9. The molecule has 0 aliphatic carbocycles. The summed E-state index contributed by atoms with van der Waals surface area (Å²) in [6, 6.07) is 6.23. The highest BCUT2D eigenvalue weighted by atomic mass is 32.2. The van der Waals surface area contributed by atoms with E-state index in [0.717, 1.165) is 29.0 Å². The number of aromatic nitrogens is 2. The van der Waals surface area contributed by atoms with Crippen molar-refractivity contribution in [2.45, 2.75) is 31.9 Å². The molecule has 0 spiro atoms. The number of anilines is 1. The zero-order valence-electron chi connectivity index (χ0n) is 11.0. The molecule has 0 amide bonds. The summed E-state index contributed by atoms with van der Waals surface area (Å²) in [4.78, 5) is 4.57. The van der Waals surface area contributed by atoms with Gasteiger partial charge in [-0.15, -0.1) is 0 Å². The molecule has 1 fully saturated rings. The number of aliphatic hydroxyl groups is 1. The zero-order chi connectivity index (χ0) is 13.4. The third kappa shape index (κ3) is 2.32. The molecule has 102 valence electrons. The maximum atomic E-state index is 9.98. The molecule has 3 N–H and O–H groups in total. The van der Waals surface area contributed by atoms with Crippen molar-refractivity contribution in [1.82, 2.24) is 9.55 Å². The normalized spacial score (nSPS) is 21.7. The van der Waals surface area contributed by atoms with E-state index in [-0.39, 0.29) is 0 Å². The number of fused-ring (bicyclic) bond motifs is 1. The molecule has 1 aliphatic heterocycles. The second kappa shape index (κ2) is 5.06. The number of hydrogen-bond acceptors (Lipinski definition) is 4. The van der Waals surface area contributed by atoms with Crippen LogP contribution in [0, 0.1) is 0 Å². The molecular weight excluding hydrogens is 258 g/mol. The topological polar surface area (TPSA) is 64.1 Å². The van der Waals surface area contributed by atoms with Crippen LogP contribution in [0.4, 0.5) is 5.69 Å². The summed E-state index contributed by atoms with van der Waals surface area (Å²) < 4.78 is 2.21. The van der Waals surface area contributed by atoms with Crippen molar-refractivity contribution in [2.24, 2.45) is 0 Å². The second-order valence-electron chi connectivity index (χ2n) is 5.14. The van der Waals surface area contributed by atoms with E-state index in [1.807, 2.05) is 30.0 Å². The molecule has 5 heteroatoms. The van der Waals surface area contributed by atoms with Crippen molar-refractivity contribution in [3.05, 3.63) is 24.0 Å². The molecule has 0 radical (unpaired) electrons. The van der Waals surface area contributed by atoms with Gasteiger partial charge in [-0.1, -0.05) is 0 Å². The fourth-order valence-electron chi connectivity index (χ4n) is 2.74. The van der Waals surface area contributed by atoms with Gasteiger partial charge in [0.25, 0.3) is 0 Å². The molecule has 0 saturated carbocycles. The molecule has 1 aromatic heterocycles. The van der Waals surface area contributed by atoms with Crippen LogP contribution < -0.4 is 5.73 Å². The highest BCUT2D eigenvalue weighted by Gasteiger charge is 2.23. The quantitative estimate of drug-likeness (QED) is 0.828. The van der Waals surface area contributed by atoms with Crippen molar-refractivity contribution in [1.29, 1.82) is 0 Å². The number of aliphatic hydroxyl groups excluding tert-OH is 1. The van der Waals surface area contributed by atoms with Crippen LogP contribution in [-0.2, 0) is 0 Å². The van der Waals surface area contributed by atoms with E-state index < -0.39 is 6.10 Å². The number of rotatable bonds is 2. The molecule has 2 aromatic rings. The fourth-order valence-corrected chi connectivity index (χ4v) is 3.87. The van der Waals surface area contributed by atoms with Crippen molar-refractivity contribution < 1.29 is 5.11 Å². The Morgan fingerprint density at radius 2 is 2.37 bits per heavy atom. The van der Waals surface area contributed by atoms with Gasteiger partial charge in [-0.25, -0.2) is 4.98 Å². The van der Waals surface area contributed by atoms with Gasteiger partial charge in [0.05, 0.1) is 11.0 Å². The average molecular weight is 277 g/mol. The lowest BCUT2D eigenvalue weighted by atomic mass is 10.1. The van der Waals surface area contributed by atoms with Crippen LogP contribution in [0.1, 0.15) is 37.7 Å². The minimum atomic E-state index is -0.555.